The molecule has 2 heterocycles. The molecule has 0 aliphatic heterocycles. The van der Waals surface area contributed by atoms with Gasteiger partial charge in [0.2, 0.25) is 10.0 Å². The Bertz CT molecular complexity index is 1400. The summed E-state index contributed by atoms with van der Waals surface area (Å²) < 4.78 is 35.7. The van der Waals surface area contributed by atoms with E-state index in [1.807, 2.05) is 42.6 Å². The lowest BCUT2D eigenvalue weighted by Gasteiger charge is -2.29. The molecule has 1 atom stereocenters. The molecule has 0 spiro atoms. The van der Waals surface area contributed by atoms with Crippen molar-refractivity contribution in [3.63, 3.8) is 0 Å². The number of carbonyl (C=O) groups excluding carboxylic acids is 1. The van der Waals surface area contributed by atoms with Gasteiger partial charge in [0, 0.05) is 4.70 Å². The minimum Gasteiger partial charge on any atom is -0.463 e. The number of nitrogens with zero attached hydrogens (tertiary/aromatic N) is 2. The van der Waals surface area contributed by atoms with Crippen LogP contribution in [-0.2, 0) is 33.7 Å². The Morgan fingerprint density at radius 1 is 1.03 bits per heavy atom. The number of carbonyl (C=O) groups is 1. The lowest BCUT2D eigenvalue weighted by atomic mass is 10.1. The second-order valence-electron chi connectivity index (χ2n) is 8.49. The van der Waals surface area contributed by atoms with Gasteiger partial charge in [0.25, 0.3) is 5.91 Å². The van der Waals surface area contributed by atoms with Crippen molar-refractivity contribution in [3.8, 4) is 0 Å². The first-order chi connectivity index (χ1) is 16.8. The Morgan fingerprint density at radius 2 is 1.74 bits per heavy atom. The minimum absolute atomic E-state index is 0.177. The van der Waals surface area contributed by atoms with Gasteiger partial charge in [0.15, 0.2) is 0 Å². The van der Waals surface area contributed by atoms with E-state index in [1.165, 1.54) is 0 Å². The number of benzene rings is 2. The van der Waals surface area contributed by atoms with Crippen molar-refractivity contribution < 1.29 is 22.8 Å². The van der Waals surface area contributed by atoms with Gasteiger partial charge in [-0.1, -0.05) is 36.4 Å². The van der Waals surface area contributed by atoms with E-state index in [2.05, 4.69) is 0 Å². The van der Waals surface area contributed by atoms with Gasteiger partial charge < -0.3 is 9.32 Å². The zero-order chi connectivity index (χ0) is 25.0. The van der Waals surface area contributed by atoms with Crippen molar-refractivity contribution in [1.82, 2.24) is 14.7 Å². The van der Waals surface area contributed by atoms with Crippen LogP contribution < -0.4 is 5.48 Å². The van der Waals surface area contributed by atoms with Gasteiger partial charge >= 0.3 is 0 Å². The van der Waals surface area contributed by atoms with E-state index in [-0.39, 0.29) is 12.3 Å². The molecule has 1 amide bonds. The predicted octanol–water partition coefficient (Wildman–Crippen LogP) is 4.13. The highest BCUT2D eigenvalue weighted by molar-refractivity contribution is 7.88. The summed E-state index contributed by atoms with van der Waals surface area (Å²) in [6.45, 7) is 0.371. The van der Waals surface area contributed by atoms with Gasteiger partial charge in [-0.15, -0.1) is 11.3 Å². The van der Waals surface area contributed by atoms with Crippen LogP contribution in [0.15, 0.2) is 76.5 Å². The first-order valence-corrected chi connectivity index (χ1v) is 13.4. The Kier molecular flexibility index (Phi) is 7.68. The number of nitrogens with one attached hydrogen (secondary N) is 1. The number of rotatable bonds is 10. The van der Waals surface area contributed by atoms with Gasteiger partial charge in [-0.2, -0.15) is 4.31 Å². The van der Waals surface area contributed by atoms with Gasteiger partial charge in [-0.3, -0.25) is 10.0 Å². The van der Waals surface area contributed by atoms with Crippen molar-refractivity contribution in [1.29, 1.82) is 0 Å². The van der Waals surface area contributed by atoms with E-state index in [1.54, 1.807) is 65.3 Å². The quantitative estimate of drug-likeness (QED) is 0.244. The number of fused-ring (bicyclic) bond motifs is 1. The largest absolute Gasteiger partial charge is 0.463 e. The summed E-state index contributed by atoms with van der Waals surface area (Å²) in [5, 5.41) is 12.4. The fourth-order valence-corrected chi connectivity index (χ4v) is 6.35. The number of thiophene rings is 1. The third kappa shape index (κ3) is 5.98. The second-order valence-corrected chi connectivity index (χ2v) is 11.4. The minimum atomic E-state index is -4.05. The highest BCUT2D eigenvalue weighted by Gasteiger charge is 2.37. The second kappa shape index (κ2) is 10.7. The molecule has 0 radical (unpaired) electrons. The number of furan rings is 1. The maximum absolute atomic E-state index is 13.8. The van der Waals surface area contributed by atoms with E-state index in [4.69, 9.17) is 4.42 Å². The summed E-state index contributed by atoms with van der Waals surface area (Å²) >= 11 is 1.58. The van der Waals surface area contributed by atoms with Crippen LogP contribution in [0.5, 0.6) is 0 Å². The first kappa shape index (κ1) is 25.1. The van der Waals surface area contributed by atoms with Gasteiger partial charge in [-0.25, -0.2) is 13.9 Å². The summed E-state index contributed by atoms with van der Waals surface area (Å²) in [4.78, 5) is 14.8. The zero-order valence-corrected chi connectivity index (χ0v) is 21.1. The van der Waals surface area contributed by atoms with Crippen LogP contribution in [0.1, 0.15) is 28.7 Å². The van der Waals surface area contributed by atoms with Gasteiger partial charge in [-0.05, 0) is 66.3 Å². The number of sulfonamides is 1. The van der Waals surface area contributed by atoms with E-state index < -0.39 is 22.0 Å². The molecule has 2 N–H and O–H groups in total. The molecule has 0 bridgehead atoms. The molecular weight excluding hydrogens is 486 g/mol. The maximum Gasteiger partial charge on any atom is 0.266 e. The average molecular weight is 514 g/mol. The highest BCUT2D eigenvalue weighted by Crippen LogP contribution is 2.30. The smallest absolute Gasteiger partial charge is 0.266 e. The average Bonchev–Trinajstić information content (AvgIpc) is 3.47. The molecule has 1 unspecified atom stereocenters. The summed E-state index contributed by atoms with van der Waals surface area (Å²) in [6.07, 6.45) is 0. The molecule has 4 aromatic rings. The highest BCUT2D eigenvalue weighted by atomic mass is 32.2. The molecular formula is C25H27N3O5S2. The summed E-state index contributed by atoms with van der Waals surface area (Å²) in [6, 6.07) is 18.2. The Morgan fingerprint density at radius 3 is 2.43 bits per heavy atom. The zero-order valence-electron chi connectivity index (χ0n) is 19.4. The van der Waals surface area contributed by atoms with Crippen molar-refractivity contribution in [3.05, 3.63) is 94.8 Å². The third-order valence-electron chi connectivity index (χ3n) is 5.49. The Hall–Kier alpha value is -3.02. The summed E-state index contributed by atoms with van der Waals surface area (Å²) in [7, 11) is -0.241. The van der Waals surface area contributed by atoms with Crippen molar-refractivity contribution in [2.45, 2.75) is 24.9 Å². The molecule has 2 aromatic heterocycles. The molecule has 0 fully saturated rings. The molecule has 0 saturated carbocycles. The standard InChI is InChI=1S/C25H27N3O5S2/c1-27(2)15-21-9-10-22(33-21)16-28(24(25(29)26-30)19-6-4-3-5-7-19)35(31,32)17-18-8-11-23-20(14-18)12-13-34-23/h3-14,24,30H,15-17H2,1-2H3,(H,26,29). The van der Waals surface area contributed by atoms with Crippen LogP contribution in [0.4, 0.5) is 0 Å². The normalized spacial score (nSPS) is 12.9. The summed E-state index contributed by atoms with van der Waals surface area (Å²) in [5.41, 5.74) is 2.67. The van der Waals surface area contributed by atoms with Crippen LogP contribution in [0, 0.1) is 0 Å². The fraction of sp³-hybridized carbons (Fsp3) is 0.240. The summed E-state index contributed by atoms with van der Waals surface area (Å²) in [5.74, 6) is -0.0989. The topological polar surface area (TPSA) is 103 Å². The lowest BCUT2D eigenvalue weighted by Crippen LogP contribution is -2.43. The Labute approximate surface area is 208 Å². The molecule has 0 saturated heterocycles. The maximum atomic E-state index is 13.8. The van der Waals surface area contributed by atoms with E-state index >= 15 is 0 Å². The van der Waals surface area contributed by atoms with Crippen LogP contribution in [0.2, 0.25) is 0 Å². The van der Waals surface area contributed by atoms with Crippen LogP contribution in [0.25, 0.3) is 10.1 Å². The third-order valence-corrected chi connectivity index (χ3v) is 8.14. The predicted molar refractivity (Wildman–Crippen MR) is 135 cm³/mol. The van der Waals surface area contributed by atoms with Crippen LogP contribution in [0.3, 0.4) is 0 Å². The number of hydroxylamine groups is 1. The molecule has 184 valence electrons. The van der Waals surface area contributed by atoms with Crippen molar-refractivity contribution in [2.24, 2.45) is 0 Å². The molecule has 35 heavy (non-hydrogen) atoms. The molecule has 2 aromatic carbocycles. The SMILES string of the molecule is CN(C)Cc1ccc(CN(C(C(=O)NO)c2ccccc2)S(=O)(=O)Cc2ccc3sccc3c2)o1. The van der Waals surface area contributed by atoms with Crippen LogP contribution in [-0.4, -0.2) is 42.8 Å². The monoisotopic (exact) mass is 513 g/mol. The number of amides is 1. The lowest BCUT2D eigenvalue weighted by molar-refractivity contribution is -0.133. The van der Waals surface area contributed by atoms with E-state index in [0.29, 0.717) is 29.2 Å². The number of hydrogen-bond acceptors (Lipinski definition) is 7. The van der Waals surface area contributed by atoms with Gasteiger partial charge in [0.1, 0.15) is 17.6 Å². The molecule has 0 aliphatic rings. The van der Waals surface area contributed by atoms with E-state index in [0.717, 1.165) is 14.4 Å². The molecule has 4 rings (SSSR count). The molecule has 0 aliphatic carbocycles. The Balaban J connectivity index is 1.74. The first-order valence-electron chi connectivity index (χ1n) is 10.9. The van der Waals surface area contributed by atoms with Crippen molar-refractivity contribution >= 4 is 37.4 Å². The fourth-order valence-electron chi connectivity index (χ4n) is 3.95. The van der Waals surface area contributed by atoms with Crippen LogP contribution >= 0.6 is 11.3 Å². The van der Waals surface area contributed by atoms with Crippen molar-refractivity contribution in [2.75, 3.05) is 14.1 Å². The molecule has 10 heteroatoms. The van der Waals surface area contributed by atoms with Gasteiger partial charge in [0.05, 0.1) is 18.8 Å². The van der Waals surface area contributed by atoms with E-state index in [9.17, 15) is 18.4 Å². The number of hydrogen-bond donors (Lipinski definition) is 2. The molecule has 8 nitrogen and oxygen atoms in total.